The number of nitrogens with one attached hydrogen (secondary N) is 8. The lowest BCUT2D eigenvalue weighted by atomic mass is 9.89. The van der Waals surface area contributed by atoms with Crippen molar-refractivity contribution in [3.63, 3.8) is 0 Å². The summed E-state index contributed by atoms with van der Waals surface area (Å²) in [6.07, 6.45) is 20.2. The van der Waals surface area contributed by atoms with Gasteiger partial charge in [0.2, 0.25) is 0 Å². The highest BCUT2D eigenvalue weighted by Gasteiger charge is 2.13. The third kappa shape index (κ3) is 22.4. The largest absolute Gasteiger partial charge is 0.330 e. The Balaban J connectivity index is 1.23. The molecule has 0 spiro atoms. The van der Waals surface area contributed by atoms with Crippen LogP contribution in [0.2, 0.25) is 0 Å². The van der Waals surface area contributed by atoms with Crippen LogP contribution in [0.5, 0.6) is 0 Å². The number of hydrogen-bond donors (Lipinski definition) is 9. The second kappa shape index (κ2) is 30.5. The number of benzene rings is 1. The Labute approximate surface area is 302 Å². The molecule has 0 heterocycles. The van der Waals surface area contributed by atoms with Crippen LogP contribution in [0.25, 0.3) is 0 Å². The van der Waals surface area contributed by atoms with E-state index in [0.29, 0.717) is 0 Å². The van der Waals surface area contributed by atoms with Gasteiger partial charge in [-0.05, 0) is 165 Å². The summed E-state index contributed by atoms with van der Waals surface area (Å²) in [5.41, 5.74) is 9.80. The van der Waals surface area contributed by atoms with Crippen LogP contribution in [-0.2, 0) is 19.6 Å². The Hall–Kier alpha value is -1.14. The van der Waals surface area contributed by atoms with E-state index in [9.17, 15) is 0 Å². The molecular formula is C40H79N9. The molecule has 3 rings (SSSR count). The molecule has 2 aliphatic rings. The van der Waals surface area contributed by atoms with E-state index < -0.39 is 0 Å². The van der Waals surface area contributed by atoms with Crippen molar-refractivity contribution in [1.82, 2.24) is 42.5 Å². The van der Waals surface area contributed by atoms with Gasteiger partial charge in [-0.1, -0.05) is 56.7 Å². The number of rotatable bonds is 32. The fraction of sp³-hybridized carbons (Fsp3) is 0.850. The Morgan fingerprint density at radius 2 is 0.857 bits per heavy atom. The molecule has 0 bridgehead atoms. The van der Waals surface area contributed by atoms with E-state index in [4.69, 9.17) is 5.73 Å². The van der Waals surface area contributed by atoms with Crippen LogP contribution in [0.15, 0.2) is 18.2 Å². The van der Waals surface area contributed by atoms with Gasteiger partial charge in [-0.3, -0.25) is 0 Å². The monoisotopic (exact) mass is 686 g/mol. The zero-order valence-corrected chi connectivity index (χ0v) is 31.6. The summed E-state index contributed by atoms with van der Waals surface area (Å²) in [4.78, 5) is 0. The molecule has 284 valence electrons. The van der Waals surface area contributed by atoms with Crippen LogP contribution in [0.3, 0.4) is 0 Å². The van der Waals surface area contributed by atoms with Gasteiger partial charge in [0.1, 0.15) is 0 Å². The van der Waals surface area contributed by atoms with E-state index in [1.807, 2.05) is 0 Å². The average Bonchev–Trinajstić information content (AvgIpc) is 3.14. The van der Waals surface area contributed by atoms with E-state index in [-0.39, 0.29) is 0 Å². The molecule has 10 N–H and O–H groups in total. The first-order chi connectivity index (χ1) is 24.3. The normalized spacial score (nSPS) is 16.1. The minimum Gasteiger partial charge on any atom is -0.330 e. The summed E-state index contributed by atoms with van der Waals surface area (Å²) in [5.74, 6) is 1.85. The van der Waals surface area contributed by atoms with E-state index in [1.54, 1.807) is 0 Å². The van der Waals surface area contributed by atoms with Crippen molar-refractivity contribution in [3.8, 4) is 0 Å². The highest BCUT2D eigenvalue weighted by Crippen LogP contribution is 2.23. The molecule has 2 fully saturated rings. The van der Waals surface area contributed by atoms with Gasteiger partial charge in [0.25, 0.3) is 0 Å². The fourth-order valence-corrected chi connectivity index (χ4v) is 7.33. The highest BCUT2D eigenvalue weighted by molar-refractivity contribution is 5.32. The second-order valence-electron chi connectivity index (χ2n) is 14.9. The molecule has 0 unspecified atom stereocenters. The summed E-state index contributed by atoms with van der Waals surface area (Å²) in [6, 6.07) is 7.05. The van der Waals surface area contributed by atoms with Gasteiger partial charge in [0, 0.05) is 32.7 Å². The van der Waals surface area contributed by atoms with Gasteiger partial charge in [0.05, 0.1) is 0 Å². The Morgan fingerprint density at radius 1 is 0.429 bits per heavy atom. The first kappa shape index (κ1) is 42.3. The SMILES string of the molecule is NCCCNCCNCc1ccc(CNCCCNCCCNCC2CCCCC2)cc1CNCCCNCCCNCC1CCCCC1. The highest BCUT2D eigenvalue weighted by atomic mass is 14.9. The summed E-state index contributed by atoms with van der Waals surface area (Å²) < 4.78 is 0. The first-order valence-corrected chi connectivity index (χ1v) is 20.8. The van der Waals surface area contributed by atoms with Crippen molar-refractivity contribution in [1.29, 1.82) is 0 Å². The van der Waals surface area contributed by atoms with Crippen LogP contribution >= 0.6 is 0 Å². The molecule has 0 atom stereocenters. The molecule has 9 heteroatoms. The van der Waals surface area contributed by atoms with Gasteiger partial charge in [-0.2, -0.15) is 0 Å². The molecule has 49 heavy (non-hydrogen) atoms. The van der Waals surface area contributed by atoms with Gasteiger partial charge >= 0.3 is 0 Å². The predicted octanol–water partition coefficient (Wildman–Crippen LogP) is 3.97. The smallest absolute Gasteiger partial charge is 0.0209 e. The lowest BCUT2D eigenvalue weighted by Gasteiger charge is -2.21. The van der Waals surface area contributed by atoms with Crippen molar-refractivity contribution in [2.24, 2.45) is 17.6 Å². The lowest BCUT2D eigenvalue weighted by Crippen LogP contribution is -2.29. The van der Waals surface area contributed by atoms with Crippen molar-refractivity contribution in [2.75, 3.05) is 91.6 Å². The number of nitrogens with two attached hydrogens (primary N) is 1. The van der Waals surface area contributed by atoms with Crippen molar-refractivity contribution in [2.45, 2.75) is 116 Å². The molecular weight excluding hydrogens is 607 g/mol. The van der Waals surface area contributed by atoms with Crippen LogP contribution in [0.1, 0.15) is 113 Å². The van der Waals surface area contributed by atoms with Crippen LogP contribution < -0.4 is 48.3 Å². The van der Waals surface area contributed by atoms with E-state index >= 15 is 0 Å². The van der Waals surface area contributed by atoms with Gasteiger partial charge in [-0.25, -0.2) is 0 Å². The van der Waals surface area contributed by atoms with E-state index in [0.717, 1.165) is 129 Å². The second-order valence-corrected chi connectivity index (χ2v) is 14.9. The zero-order chi connectivity index (χ0) is 34.3. The Bertz CT molecular complexity index is 873. The summed E-state index contributed by atoms with van der Waals surface area (Å²) in [5, 5.41) is 29.2. The molecule has 0 radical (unpaired) electrons. The average molecular weight is 686 g/mol. The molecule has 0 aliphatic heterocycles. The third-order valence-corrected chi connectivity index (χ3v) is 10.4. The standard InChI is InChI=1S/C40H79N9/c41-18-7-19-44-28-29-49-34-39-17-16-38(33-47-26-10-22-42-20-8-24-45-31-36-12-3-1-4-13-36)30-40(39)35-48-27-11-23-43-21-9-25-46-32-37-14-5-2-6-15-37/h16-17,30,36-37,42-49H,1-15,18-29,31-35,41H2. The molecule has 1 aromatic rings. The quantitative estimate of drug-likeness (QED) is 0.0519. The van der Waals surface area contributed by atoms with Crippen LogP contribution in [0.4, 0.5) is 0 Å². The molecule has 2 aliphatic carbocycles. The molecule has 0 amide bonds. The molecule has 1 aromatic carbocycles. The lowest BCUT2D eigenvalue weighted by molar-refractivity contribution is 0.342. The van der Waals surface area contributed by atoms with Crippen LogP contribution in [-0.4, -0.2) is 91.6 Å². The van der Waals surface area contributed by atoms with Gasteiger partial charge in [0.15, 0.2) is 0 Å². The summed E-state index contributed by atoms with van der Waals surface area (Å²) in [6.45, 7) is 17.6. The zero-order valence-electron chi connectivity index (χ0n) is 31.6. The summed E-state index contributed by atoms with van der Waals surface area (Å²) in [7, 11) is 0. The van der Waals surface area contributed by atoms with Crippen molar-refractivity contribution in [3.05, 3.63) is 34.9 Å². The Morgan fingerprint density at radius 3 is 1.43 bits per heavy atom. The maximum absolute atomic E-state index is 5.61. The Kier molecular flexibility index (Phi) is 26.3. The minimum atomic E-state index is 0.751. The maximum Gasteiger partial charge on any atom is 0.0209 e. The molecule has 0 saturated heterocycles. The minimum absolute atomic E-state index is 0.751. The fourth-order valence-electron chi connectivity index (χ4n) is 7.33. The summed E-state index contributed by atoms with van der Waals surface area (Å²) >= 11 is 0. The predicted molar refractivity (Wildman–Crippen MR) is 211 cm³/mol. The van der Waals surface area contributed by atoms with E-state index in [2.05, 4.69) is 60.7 Å². The first-order valence-electron chi connectivity index (χ1n) is 20.8. The van der Waals surface area contributed by atoms with Gasteiger partial charge in [-0.15, -0.1) is 0 Å². The molecule has 2 saturated carbocycles. The number of hydrogen-bond acceptors (Lipinski definition) is 9. The maximum atomic E-state index is 5.61. The van der Waals surface area contributed by atoms with Crippen LogP contribution in [0, 0.1) is 11.8 Å². The van der Waals surface area contributed by atoms with E-state index in [1.165, 1.54) is 107 Å². The van der Waals surface area contributed by atoms with Gasteiger partial charge < -0.3 is 48.3 Å². The van der Waals surface area contributed by atoms with Crippen molar-refractivity contribution >= 4 is 0 Å². The molecule has 0 aromatic heterocycles. The topological polar surface area (TPSA) is 122 Å². The van der Waals surface area contributed by atoms with Crippen molar-refractivity contribution < 1.29 is 0 Å². The third-order valence-electron chi connectivity index (χ3n) is 10.4. The molecule has 9 nitrogen and oxygen atoms in total.